The lowest BCUT2D eigenvalue weighted by atomic mass is 9.56. The molecule has 1 aromatic carbocycles. The van der Waals surface area contributed by atoms with Gasteiger partial charge in [0.2, 0.25) is 0 Å². The van der Waals surface area contributed by atoms with Crippen LogP contribution in [0.25, 0.3) is 0 Å². The summed E-state index contributed by atoms with van der Waals surface area (Å²) in [5.41, 5.74) is 1.64. The molecular weight excluding hydrogens is 332 g/mol. The van der Waals surface area contributed by atoms with Crippen molar-refractivity contribution in [2.24, 2.45) is 35.0 Å². The molecule has 0 aliphatic heterocycles. The Balaban J connectivity index is 1.41. The maximum Gasteiger partial charge on any atom is 0.315 e. The summed E-state index contributed by atoms with van der Waals surface area (Å²) in [5, 5.41) is 6.59. The van der Waals surface area contributed by atoms with Gasteiger partial charge >= 0.3 is 6.03 Å². The summed E-state index contributed by atoms with van der Waals surface area (Å²) in [4.78, 5) is 12.8. The highest BCUT2D eigenvalue weighted by Crippen LogP contribution is 2.68. The number of amides is 2. The topological polar surface area (TPSA) is 41.1 Å². The second kappa shape index (κ2) is 6.83. The van der Waals surface area contributed by atoms with Crippen molar-refractivity contribution in [2.45, 2.75) is 65.3 Å². The molecule has 1 aromatic rings. The zero-order valence-corrected chi connectivity index (χ0v) is 17.4. The lowest BCUT2D eigenvalue weighted by Gasteiger charge is -2.49. The summed E-state index contributed by atoms with van der Waals surface area (Å²) >= 11 is 0. The predicted octanol–water partition coefficient (Wildman–Crippen LogP) is 5.02. The number of rotatable bonds is 5. The van der Waals surface area contributed by atoms with Gasteiger partial charge in [0.1, 0.15) is 0 Å². The molecule has 0 saturated heterocycles. The summed E-state index contributed by atoms with van der Waals surface area (Å²) in [6, 6.07) is 10.4. The van der Waals surface area contributed by atoms with Gasteiger partial charge in [-0.1, -0.05) is 51.1 Å². The van der Waals surface area contributed by atoms with Crippen LogP contribution in [-0.4, -0.2) is 18.1 Å². The summed E-state index contributed by atoms with van der Waals surface area (Å²) < 4.78 is 0. The first-order valence-corrected chi connectivity index (χ1v) is 10.9. The molecule has 3 saturated carbocycles. The number of fused-ring (bicyclic) bond motifs is 2. The Kier molecular flexibility index (Phi) is 4.76. The highest BCUT2D eigenvalue weighted by molar-refractivity contribution is 5.75. The van der Waals surface area contributed by atoms with Gasteiger partial charge in [-0.3, -0.25) is 0 Å². The zero-order chi connectivity index (χ0) is 19.2. The summed E-state index contributed by atoms with van der Waals surface area (Å²) in [6.07, 6.45) is 6.13. The van der Waals surface area contributed by atoms with E-state index in [1.165, 1.54) is 31.2 Å². The molecule has 3 bridgehead atoms. The number of carbonyl (C=O) groups excluding carboxylic acids is 1. The maximum absolute atomic E-state index is 12.8. The van der Waals surface area contributed by atoms with Gasteiger partial charge in [0.25, 0.3) is 0 Å². The van der Waals surface area contributed by atoms with Crippen molar-refractivity contribution in [3.05, 3.63) is 35.9 Å². The fourth-order valence-corrected chi connectivity index (χ4v) is 7.11. The van der Waals surface area contributed by atoms with E-state index in [0.717, 1.165) is 24.2 Å². The Hall–Kier alpha value is -1.51. The molecule has 4 rings (SSSR count). The molecule has 0 radical (unpaired) electrons. The molecule has 3 fully saturated rings. The van der Waals surface area contributed by atoms with E-state index in [1.807, 2.05) is 6.07 Å². The fourth-order valence-electron chi connectivity index (χ4n) is 7.11. The number of carbonyl (C=O) groups is 1. The van der Waals surface area contributed by atoms with Crippen molar-refractivity contribution in [1.29, 1.82) is 0 Å². The van der Waals surface area contributed by atoms with Gasteiger partial charge in [0.05, 0.1) is 0 Å². The molecule has 3 aliphatic rings. The first-order valence-electron chi connectivity index (χ1n) is 10.9. The fraction of sp³-hybridized carbons (Fsp3) is 0.708. The summed E-state index contributed by atoms with van der Waals surface area (Å²) in [6.45, 7) is 10.3. The van der Waals surface area contributed by atoms with Crippen LogP contribution >= 0.6 is 0 Å². The second-order valence-corrected chi connectivity index (χ2v) is 10.4. The molecule has 3 heteroatoms. The van der Waals surface area contributed by atoms with Gasteiger partial charge < -0.3 is 10.6 Å². The van der Waals surface area contributed by atoms with Crippen LogP contribution in [0.15, 0.2) is 30.3 Å². The molecule has 0 spiro atoms. The van der Waals surface area contributed by atoms with Crippen LogP contribution in [0.1, 0.15) is 58.9 Å². The molecule has 0 heterocycles. The minimum absolute atomic E-state index is 0.0223. The van der Waals surface area contributed by atoms with Crippen LogP contribution in [0.5, 0.6) is 0 Å². The van der Waals surface area contributed by atoms with Gasteiger partial charge in [-0.05, 0) is 79.6 Å². The smallest absolute Gasteiger partial charge is 0.315 e. The molecule has 3 nitrogen and oxygen atoms in total. The van der Waals surface area contributed by atoms with E-state index >= 15 is 0 Å². The largest absolute Gasteiger partial charge is 0.338 e. The Morgan fingerprint density at radius 2 is 1.89 bits per heavy atom. The Morgan fingerprint density at radius 1 is 1.15 bits per heavy atom. The van der Waals surface area contributed by atoms with E-state index in [-0.39, 0.29) is 11.6 Å². The van der Waals surface area contributed by atoms with Gasteiger partial charge in [-0.2, -0.15) is 0 Å². The van der Waals surface area contributed by atoms with Crippen LogP contribution in [0.2, 0.25) is 0 Å². The van der Waals surface area contributed by atoms with Gasteiger partial charge in [0.15, 0.2) is 0 Å². The Labute approximate surface area is 164 Å². The van der Waals surface area contributed by atoms with Crippen LogP contribution in [-0.2, 0) is 6.42 Å². The molecule has 2 amide bonds. The predicted molar refractivity (Wildman–Crippen MR) is 110 cm³/mol. The van der Waals surface area contributed by atoms with E-state index in [4.69, 9.17) is 0 Å². The molecule has 148 valence electrons. The second-order valence-electron chi connectivity index (χ2n) is 10.4. The van der Waals surface area contributed by atoms with Gasteiger partial charge in [-0.25, -0.2) is 4.79 Å². The molecular formula is C24H36N2O. The van der Waals surface area contributed by atoms with E-state index in [9.17, 15) is 4.79 Å². The van der Waals surface area contributed by atoms with Crippen molar-refractivity contribution >= 4 is 6.03 Å². The molecule has 4 unspecified atom stereocenters. The van der Waals surface area contributed by atoms with E-state index in [0.29, 0.717) is 23.8 Å². The minimum atomic E-state index is -0.0516. The molecule has 3 aliphatic carbocycles. The quantitative estimate of drug-likeness (QED) is 0.753. The van der Waals surface area contributed by atoms with Crippen LogP contribution in [0.3, 0.4) is 0 Å². The highest BCUT2D eigenvalue weighted by Gasteiger charge is 2.65. The first-order chi connectivity index (χ1) is 12.8. The van der Waals surface area contributed by atoms with Crippen LogP contribution in [0, 0.1) is 35.0 Å². The lowest BCUT2D eigenvalue weighted by Crippen LogP contribution is -2.57. The van der Waals surface area contributed by atoms with Crippen LogP contribution < -0.4 is 10.6 Å². The van der Waals surface area contributed by atoms with Crippen molar-refractivity contribution < 1.29 is 4.79 Å². The van der Waals surface area contributed by atoms with Crippen molar-refractivity contribution in [3.63, 3.8) is 0 Å². The molecule has 27 heavy (non-hydrogen) atoms. The monoisotopic (exact) mass is 368 g/mol. The summed E-state index contributed by atoms with van der Waals surface area (Å²) in [7, 11) is 0. The third kappa shape index (κ3) is 3.28. The van der Waals surface area contributed by atoms with E-state index in [2.05, 4.69) is 62.6 Å². The summed E-state index contributed by atoms with van der Waals surface area (Å²) in [5.74, 6) is 3.68. The standard InChI is InChI=1S/C24H36N2O/c1-16(2)20-13-21-23(3)14-18(20)12-19(15-23)24(21,4)26-22(27)25-11-10-17-8-6-5-7-9-17/h5-9,16,18-21H,10-15H2,1-4H3,(H2,25,26,27)/t18?,19?,20-,21?,23+,24?/m0/s1. The Bertz CT molecular complexity index is 687. The third-order valence-corrected chi connectivity index (χ3v) is 8.34. The Morgan fingerprint density at radius 3 is 2.59 bits per heavy atom. The number of hydrogen-bond donors (Lipinski definition) is 2. The number of urea groups is 1. The zero-order valence-electron chi connectivity index (χ0n) is 17.4. The molecule has 2 N–H and O–H groups in total. The first kappa shape index (κ1) is 18.8. The van der Waals surface area contributed by atoms with Gasteiger partial charge in [0, 0.05) is 12.1 Å². The lowest BCUT2D eigenvalue weighted by molar-refractivity contribution is 0.00854. The van der Waals surface area contributed by atoms with E-state index in [1.54, 1.807) is 0 Å². The number of benzene rings is 1. The van der Waals surface area contributed by atoms with Crippen molar-refractivity contribution in [3.8, 4) is 0 Å². The normalized spacial score (nSPS) is 39.6. The molecule has 6 atom stereocenters. The average Bonchev–Trinajstić information content (AvgIpc) is 2.69. The average molecular weight is 369 g/mol. The van der Waals surface area contributed by atoms with E-state index < -0.39 is 0 Å². The highest BCUT2D eigenvalue weighted by atomic mass is 16.2. The van der Waals surface area contributed by atoms with Crippen LogP contribution in [0.4, 0.5) is 4.79 Å². The maximum atomic E-state index is 12.8. The van der Waals surface area contributed by atoms with Crippen molar-refractivity contribution in [1.82, 2.24) is 10.6 Å². The third-order valence-electron chi connectivity index (χ3n) is 8.34. The minimum Gasteiger partial charge on any atom is -0.338 e. The van der Waals surface area contributed by atoms with Crippen molar-refractivity contribution in [2.75, 3.05) is 6.54 Å². The molecule has 0 aromatic heterocycles. The number of nitrogens with one attached hydrogen (secondary N) is 2. The van der Waals surface area contributed by atoms with Gasteiger partial charge in [-0.15, -0.1) is 0 Å². The SMILES string of the molecule is CC(C)[C@@H]1CC2C(C)(NC(=O)NCCc3ccccc3)C3CC1C[C@]2(C)C3. The number of hydrogen-bond acceptors (Lipinski definition) is 1.